The molecule has 4 heteroatoms. The van der Waals surface area contributed by atoms with Gasteiger partial charge in [0.25, 0.3) is 0 Å². The van der Waals surface area contributed by atoms with E-state index in [1.54, 1.807) is 5.57 Å². The van der Waals surface area contributed by atoms with Crippen LogP contribution in [0.1, 0.15) is 112 Å². The molecule has 0 aromatic carbocycles. The Balaban J connectivity index is 1.80. The highest BCUT2D eigenvalue weighted by Crippen LogP contribution is 2.74. The standard InChI is InChI=1S/C30H46O4/c1-19(2)20-8-9-22-21(28(20,5)12-11-24(31)32)10-13-30(7)23-18-27(4,25(33)34)15-14-26(23,3)16-17-29(22,30)6/h20,23H,1,8-18H2,2-7H3,(H,31,32)(H,33,34)/t20-,23+,26+,27+,28-,29+,30-/m0/s1. The maximum atomic E-state index is 12.3. The Hall–Kier alpha value is -1.58. The Kier molecular flexibility index (Phi) is 5.98. The highest BCUT2D eigenvalue weighted by molar-refractivity contribution is 5.74. The van der Waals surface area contributed by atoms with Crippen molar-refractivity contribution in [2.45, 2.75) is 112 Å². The van der Waals surface area contributed by atoms with E-state index < -0.39 is 17.4 Å². The minimum absolute atomic E-state index is 0.0477. The van der Waals surface area contributed by atoms with Gasteiger partial charge in [-0.1, -0.05) is 51.0 Å². The summed E-state index contributed by atoms with van der Waals surface area (Å²) in [4.78, 5) is 23.9. The van der Waals surface area contributed by atoms with Gasteiger partial charge in [0.15, 0.2) is 0 Å². The van der Waals surface area contributed by atoms with E-state index >= 15 is 0 Å². The maximum Gasteiger partial charge on any atom is 0.309 e. The Morgan fingerprint density at radius 2 is 1.59 bits per heavy atom. The molecule has 2 saturated carbocycles. The lowest BCUT2D eigenvalue weighted by atomic mass is 9.36. The van der Waals surface area contributed by atoms with Gasteiger partial charge in [0.2, 0.25) is 0 Å². The van der Waals surface area contributed by atoms with Crippen molar-refractivity contribution in [2.24, 2.45) is 38.9 Å². The number of allylic oxidation sites excluding steroid dienone is 3. The topological polar surface area (TPSA) is 74.6 Å². The van der Waals surface area contributed by atoms with Gasteiger partial charge in [0, 0.05) is 6.42 Å². The van der Waals surface area contributed by atoms with Gasteiger partial charge in [-0.15, -0.1) is 0 Å². The summed E-state index contributed by atoms with van der Waals surface area (Å²) in [5.41, 5.74) is 3.84. The molecule has 4 rings (SSSR count). The van der Waals surface area contributed by atoms with Gasteiger partial charge in [0.1, 0.15) is 0 Å². The Labute approximate surface area is 206 Å². The zero-order valence-corrected chi connectivity index (χ0v) is 22.4. The average Bonchev–Trinajstić information content (AvgIpc) is 2.75. The molecule has 0 radical (unpaired) electrons. The van der Waals surface area contributed by atoms with E-state index in [4.69, 9.17) is 0 Å². The molecule has 2 fully saturated rings. The zero-order valence-electron chi connectivity index (χ0n) is 22.4. The first-order valence-electron chi connectivity index (χ1n) is 13.5. The second kappa shape index (κ2) is 7.96. The Bertz CT molecular complexity index is 947. The van der Waals surface area contributed by atoms with Crippen molar-refractivity contribution in [3.63, 3.8) is 0 Å². The molecule has 0 aromatic rings. The number of rotatable bonds is 5. The first-order valence-corrected chi connectivity index (χ1v) is 13.5. The van der Waals surface area contributed by atoms with E-state index in [0.717, 1.165) is 57.8 Å². The summed E-state index contributed by atoms with van der Waals surface area (Å²) in [5.74, 6) is -0.626. The number of carboxylic acids is 2. The van der Waals surface area contributed by atoms with Crippen LogP contribution in [0.4, 0.5) is 0 Å². The molecule has 0 amide bonds. The van der Waals surface area contributed by atoms with Crippen molar-refractivity contribution in [3.8, 4) is 0 Å². The second-order valence-corrected chi connectivity index (χ2v) is 13.7. The molecule has 0 aromatic heterocycles. The van der Waals surface area contributed by atoms with Crippen LogP contribution in [0.2, 0.25) is 0 Å². The molecule has 4 aliphatic rings. The molecule has 0 spiro atoms. The SMILES string of the molecule is C=C(C)[C@@H]1CCC2=C(CC[C@@]3(C)[C@@H]4C[C@](C)(C(=O)O)CC[C@]4(C)CC[C@]23C)[C@@]1(C)CCC(=O)O. The first-order chi connectivity index (χ1) is 15.6. The van der Waals surface area contributed by atoms with Crippen molar-refractivity contribution in [2.75, 3.05) is 0 Å². The number of hydrogen-bond acceptors (Lipinski definition) is 2. The molecule has 0 bridgehead atoms. The molecule has 2 N–H and O–H groups in total. The van der Waals surface area contributed by atoms with E-state index in [9.17, 15) is 19.8 Å². The number of aliphatic carboxylic acids is 2. The highest BCUT2D eigenvalue weighted by atomic mass is 16.4. The molecule has 4 aliphatic carbocycles. The van der Waals surface area contributed by atoms with Gasteiger partial charge >= 0.3 is 11.9 Å². The third-order valence-electron chi connectivity index (χ3n) is 12.0. The van der Waals surface area contributed by atoms with Crippen molar-refractivity contribution < 1.29 is 19.8 Å². The summed E-state index contributed by atoms with van der Waals surface area (Å²) in [6, 6.07) is 0. The summed E-state index contributed by atoms with van der Waals surface area (Å²) in [6.07, 6.45) is 9.95. The summed E-state index contributed by atoms with van der Waals surface area (Å²) < 4.78 is 0. The van der Waals surface area contributed by atoms with Crippen LogP contribution in [0, 0.1) is 38.9 Å². The fourth-order valence-corrected chi connectivity index (χ4v) is 9.40. The van der Waals surface area contributed by atoms with Crippen LogP contribution in [0.5, 0.6) is 0 Å². The lowest BCUT2D eigenvalue weighted by molar-refractivity contribution is -0.173. The fraction of sp³-hybridized carbons (Fsp3) is 0.800. The molecule has 0 saturated heterocycles. The van der Waals surface area contributed by atoms with E-state index in [2.05, 4.69) is 41.2 Å². The Morgan fingerprint density at radius 3 is 2.18 bits per heavy atom. The molecule has 0 heterocycles. The third kappa shape index (κ3) is 3.45. The van der Waals surface area contributed by atoms with Gasteiger partial charge in [-0.2, -0.15) is 0 Å². The Morgan fingerprint density at radius 1 is 0.941 bits per heavy atom. The van der Waals surface area contributed by atoms with E-state index in [1.807, 2.05) is 6.92 Å². The van der Waals surface area contributed by atoms with Gasteiger partial charge in [0.05, 0.1) is 5.41 Å². The first kappa shape index (κ1) is 25.5. The van der Waals surface area contributed by atoms with Crippen molar-refractivity contribution in [1.82, 2.24) is 0 Å². The predicted molar refractivity (Wildman–Crippen MR) is 135 cm³/mol. The molecule has 7 atom stereocenters. The van der Waals surface area contributed by atoms with E-state index in [-0.39, 0.29) is 28.1 Å². The van der Waals surface area contributed by atoms with Crippen LogP contribution in [0.25, 0.3) is 0 Å². The highest BCUT2D eigenvalue weighted by Gasteiger charge is 2.65. The second-order valence-electron chi connectivity index (χ2n) is 13.7. The number of carboxylic acid groups (broad SMARTS) is 2. The number of fused-ring (bicyclic) bond motifs is 4. The van der Waals surface area contributed by atoms with Crippen LogP contribution in [-0.2, 0) is 9.59 Å². The molecule has 4 nitrogen and oxygen atoms in total. The van der Waals surface area contributed by atoms with Crippen LogP contribution in [0.3, 0.4) is 0 Å². The summed E-state index contributed by atoms with van der Waals surface area (Å²) in [7, 11) is 0. The number of carbonyl (C=O) groups is 2. The smallest absolute Gasteiger partial charge is 0.309 e. The van der Waals surface area contributed by atoms with Crippen molar-refractivity contribution in [1.29, 1.82) is 0 Å². The largest absolute Gasteiger partial charge is 0.481 e. The summed E-state index contributed by atoms with van der Waals surface area (Å²) in [5, 5.41) is 19.6. The molecule has 34 heavy (non-hydrogen) atoms. The minimum Gasteiger partial charge on any atom is -0.481 e. The van der Waals surface area contributed by atoms with E-state index in [1.165, 1.54) is 11.1 Å². The van der Waals surface area contributed by atoms with Crippen molar-refractivity contribution >= 4 is 11.9 Å². The molecular weight excluding hydrogens is 424 g/mol. The van der Waals surface area contributed by atoms with Crippen LogP contribution in [-0.4, -0.2) is 22.2 Å². The van der Waals surface area contributed by atoms with Crippen LogP contribution in [0.15, 0.2) is 23.3 Å². The quantitative estimate of drug-likeness (QED) is 0.405. The van der Waals surface area contributed by atoms with Gasteiger partial charge in [-0.05, 0) is 112 Å². The lowest BCUT2D eigenvalue weighted by Gasteiger charge is -2.68. The maximum absolute atomic E-state index is 12.3. The lowest BCUT2D eigenvalue weighted by Crippen LogP contribution is -2.60. The molecule has 0 unspecified atom stereocenters. The minimum atomic E-state index is -0.718. The number of hydrogen-bond donors (Lipinski definition) is 2. The fourth-order valence-electron chi connectivity index (χ4n) is 9.40. The average molecular weight is 471 g/mol. The molecule has 0 aliphatic heterocycles. The van der Waals surface area contributed by atoms with Gasteiger partial charge in [-0.25, -0.2) is 0 Å². The molecule has 190 valence electrons. The summed E-state index contributed by atoms with van der Waals surface area (Å²) in [6.45, 7) is 18.1. The van der Waals surface area contributed by atoms with E-state index in [0.29, 0.717) is 18.3 Å². The molecular formula is C30H46O4. The van der Waals surface area contributed by atoms with Gasteiger partial charge < -0.3 is 10.2 Å². The monoisotopic (exact) mass is 470 g/mol. The van der Waals surface area contributed by atoms with Gasteiger partial charge in [-0.3, -0.25) is 9.59 Å². The van der Waals surface area contributed by atoms with Crippen LogP contribution < -0.4 is 0 Å². The predicted octanol–water partition coefficient (Wildman–Crippen LogP) is 7.64. The van der Waals surface area contributed by atoms with Crippen molar-refractivity contribution in [3.05, 3.63) is 23.3 Å². The normalized spacial score (nSPS) is 46.2. The third-order valence-corrected chi connectivity index (χ3v) is 12.0. The zero-order chi connectivity index (χ0) is 25.3. The summed E-state index contributed by atoms with van der Waals surface area (Å²) >= 11 is 0. The van der Waals surface area contributed by atoms with Crippen LogP contribution >= 0.6 is 0 Å².